The Hall–Kier alpha value is -2.88. The number of carbonyl (C=O) groups is 2. The molecule has 1 heterocycles. The van der Waals surface area contributed by atoms with Crippen LogP contribution >= 0.6 is 0 Å². The molecule has 4 nitrogen and oxygen atoms in total. The van der Waals surface area contributed by atoms with Crippen LogP contribution in [0.3, 0.4) is 0 Å². The van der Waals surface area contributed by atoms with Gasteiger partial charge in [0.1, 0.15) is 0 Å². The molecule has 2 aromatic carbocycles. The third-order valence-corrected chi connectivity index (χ3v) is 2.98. The van der Waals surface area contributed by atoms with Crippen LogP contribution in [0.15, 0.2) is 49.1 Å². The molecule has 4 heteroatoms. The first kappa shape index (κ1) is 12.2. The van der Waals surface area contributed by atoms with E-state index < -0.39 is 11.9 Å². The molecule has 0 saturated carbocycles. The Bertz CT molecular complexity index is 771. The minimum Gasteiger partial charge on any atom is -0.419 e. The highest BCUT2D eigenvalue weighted by Crippen LogP contribution is 2.39. The third-order valence-electron chi connectivity index (χ3n) is 2.98. The molecule has 0 amide bonds. The van der Waals surface area contributed by atoms with Gasteiger partial charge in [0.25, 0.3) is 0 Å². The summed E-state index contributed by atoms with van der Waals surface area (Å²) in [5.74, 6) is -0.822. The summed E-state index contributed by atoms with van der Waals surface area (Å²) in [6, 6.07) is 9.18. The van der Waals surface area contributed by atoms with Gasteiger partial charge in [0.15, 0.2) is 11.5 Å². The van der Waals surface area contributed by atoms with Crippen LogP contribution in [0.2, 0.25) is 0 Å². The molecule has 0 fully saturated rings. The largest absolute Gasteiger partial charge is 0.419 e. The predicted octanol–water partition coefficient (Wildman–Crippen LogP) is 2.86. The van der Waals surface area contributed by atoms with Crippen molar-refractivity contribution < 1.29 is 19.1 Å². The van der Waals surface area contributed by atoms with Crippen molar-refractivity contribution in [1.29, 1.82) is 0 Å². The van der Waals surface area contributed by atoms with Crippen molar-refractivity contribution in [2.75, 3.05) is 0 Å². The van der Waals surface area contributed by atoms with Gasteiger partial charge in [-0.15, -0.1) is 0 Å². The first-order valence-corrected chi connectivity index (χ1v) is 5.99. The molecule has 1 aliphatic heterocycles. The first-order valence-electron chi connectivity index (χ1n) is 5.99. The van der Waals surface area contributed by atoms with E-state index >= 15 is 0 Å². The predicted molar refractivity (Wildman–Crippen MR) is 74.4 cm³/mol. The Morgan fingerprint density at radius 3 is 2.45 bits per heavy atom. The van der Waals surface area contributed by atoms with Gasteiger partial charge in [0.2, 0.25) is 0 Å². The molecule has 20 heavy (non-hydrogen) atoms. The van der Waals surface area contributed by atoms with Crippen LogP contribution in [0, 0.1) is 0 Å². The molecule has 2 aromatic rings. The molecule has 3 rings (SSSR count). The lowest BCUT2D eigenvalue weighted by Crippen LogP contribution is -2.14. The number of rotatable bonds is 1. The number of fused-ring (bicyclic) bond motifs is 2. The molecule has 98 valence electrons. The third kappa shape index (κ3) is 1.97. The summed E-state index contributed by atoms with van der Waals surface area (Å²) in [4.78, 5) is 23.1. The van der Waals surface area contributed by atoms with Crippen molar-refractivity contribution in [1.82, 2.24) is 0 Å². The van der Waals surface area contributed by atoms with Crippen LogP contribution in [0.1, 0.15) is 5.56 Å². The van der Waals surface area contributed by atoms with Crippen LogP contribution < -0.4 is 9.47 Å². The van der Waals surface area contributed by atoms with Crippen LogP contribution in [-0.2, 0) is 9.59 Å². The number of hydrogen-bond donors (Lipinski definition) is 0. The van der Waals surface area contributed by atoms with Crippen molar-refractivity contribution in [3.63, 3.8) is 0 Å². The van der Waals surface area contributed by atoms with Crippen molar-refractivity contribution >= 4 is 28.8 Å². The topological polar surface area (TPSA) is 52.6 Å². The number of carbonyl (C=O) groups excluding carboxylic acids is 2. The van der Waals surface area contributed by atoms with Gasteiger partial charge in [0, 0.05) is 17.7 Å². The minimum atomic E-state index is -0.624. The number of benzene rings is 2. The van der Waals surface area contributed by atoms with Gasteiger partial charge < -0.3 is 9.47 Å². The minimum absolute atomic E-state index is 0.210. The monoisotopic (exact) mass is 266 g/mol. The molecule has 0 spiro atoms. The summed E-state index contributed by atoms with van der Waals surface area (Å²) in [6.45, 7) is 3.74. The fourth-order valence-electron chi connectivity index (χ4n) is 2.13. The second kappa shape index (κ2) is 4.66. The zero-order valence-corrected chi connectivity index (χ0v) is 10.5. The number of esters is 2. The lowest BCUT2D eigenvalue weighted by atomic mass is 10.0. The fourth-order valence-corrected chi connectivity index (χ4v) is 2.13. The highest BCUT2D eigenvalue weighted by Gasteiger charge is 2.20. The molecule has 0 unspecified atom stereocenters. The van der Waals surface area contributed by atoms with Crippen molar-refractivity contribution in [2.24, 2.45) is 0 Å². The summed E-state index contributed by atoms with van der Waals surface area (Å²) in [6.07, 6.45) is 3.65. The summed E-state index contributed by atoms with van der Waals surface area (Å²) in [7, 11) is 0. The van der Waals surface area contributed by atoms with Gasteiger partial charge in [-0.25, -0.2) is 9.59 Å². The maximum atomic E-state index is 11.6. The van der Waals surface area contributed by atoms with E-state index in [1.165, 1.54) is 0 Å². The lowest BCUT2D eigenvalue weighted by molar-refractivity contribution is -0.133. The Balaban J connectivity index is 2.33. The smallest absolute Gasteiger partial charge is 0.336 e. The van der Waals surface area contributed by atoms with Crippen molar-refractivity contribution in [3.05, 3.63) is 54.6 Å². The Labute approximate surface area is 114 Å². The average molecular weight is 266 g/mol. The van der Waals surface area contributed by atoms with E-state index in [9.17, 15) is 9.59 Å². The molecule has 0 saturated heterocycles. The van der Waals surface area contributed by atoms with Crippen molar-refractivity contribution in [3.8, 4) is 11.5 Å². The molecule has 0 aliphatic carbocycles. The zero-order valence-electron chi connectivity index (χ0n) is 10.5. The summed E-state index contributed by atoms with van der Waals surface area (Å²) < 4.78 is 10.4. The van der Waals surface area contributed by atoms with E-state index in [0.29, 0.717) is 5.56 Å². The van der Waals surface area contributed by atoms with E-state index in [2.05, 4.69) is 6.58 Å². The molecule has 0 radical (unpaired) electrons. The van der Waals surface area contributed by atoms with Crippen LogP contribution in [0.4, 0.5) is 0 Å². The fraction of sp³-hybridized carbons (Fsp3) is 0. The standard InChI is InChI=1S/C16H10O4/c1-2-11-12-6-4-3-5-10(12)9-13-16(11)20-15(18)8-7-14(17)19-13/h2-9H,1H2/b8-7-. The molecular formula is C16H10O4. The Morgan fingerprint density at radius 1 is 1.00 bits per heavy atom. The molecule has 0 aromatic heterocycles. The van der Waals surface area contributed by atoms with Gasteiger partial charge >= 0.3 is 11.9 Å². The SMILES string of the molecule is C=Cc1c2c(cc3ccccc13)OC(=O)/C=C\C(=O)O2. The van der Waals surface area contributed by atoms with E-state index in [-0.39, 0.29) is 11.5 Å². The number of hydrogen-bond acceptors (Lipinski definition) is 4. The maximum absolute atomic E-state index is 11.6. The Kier molecular flexibility index (Phi) is 2.84. The van der Waals surface area contributed by atoms with E-state index in [0.717, 1.165) is 22.9 Å². The van der Waals surface area contributed by atoms with E-state index in [4.69, 9.17) is 9.47 Å². The zero-order chi connectivity index (χ0) is 14.1. The van der Waals surface area contributed by atoms with Gasteiger partial charge in [-0.2, -0.15) is 0 Å². The maximum Gasteiger partial charge on any atom is 0.336 e. The number of ether oxygens (including phenoxy) is 2. The second-order valence-electron chi connectivity index (χ2n) is 4.22. The quantitative estimate of drug-likeness (QED) is 0.588. The van der Waals surface area contributed by atoms with E-state index in [1.54, 1.807) is 12.1 Å². The van der Waals surface area contributed by atoms with Gasteiger partial charge in [-0.05, 0) is 16.8 Å². The van der Waals surface area contributed by atoms with Gasteiger partial charge in [-0.1, -0.05) is 36.9 Å². The van der Waals surface area contributed by atoms with E-state index in [1.807, 2.05) is 24.3 Å². The summed E-state index contributed by atoms with van der Waals surface area (Å²) >= 11 is 0. The average Bonchev–Trinajstić information content (AvgIpc) is 2.44. The van der Waals surface area contributed by atoms with Crippen LogP contribution in [0.25, 0.3) is 16.8 Å². The molecule has 1 aliphatic rings. The molecule has 0 bridgehead atoms. The second-order valence-corrected chi connectivity index (χ2v) is 4.22. The highest BCUT2D eigenvalue weighted by molar-refractivity contribution is 6.00. The lowest BCUT2D eigenvalue weighted by Gasteiger charge is -2.15. The Morgan fingerprint density at radius 2 is 1.70 bits per heavy atom. The van der Waals surface area contributed by atoms with Gasteiger partial charge in [0.05, 0.1) is 0 Å². The normalized spacial score (nSPS) is 15.6. The summed E-state index contributed by atoms with van der Waals surface area (Å²) in [5, 5.41) is 1.74. The van der Waals surface area contributed by atoms with Crippen LogP contribution in [0.5, 0.6) is 11.5 Å². The summed E-state index contributed by atoms with van der Waals surface area (Å²) in [5.41, 5.74) is 0.620. The molecule has 0 N–H and O–H groups in total. The van der Waals surface area contributed by atoms with Crippen molar-refractivity contribution in [2.45, 2.75) is 0 Å². The molecular weight excluding hydrogens is 256 g/mol. The van der Waals surface area contributed by atoms with Crippen LogP contribution in [-0.4, -0.2) is 11.9 Å². The first-order chi connectivity index (χ1) is 9.69. The van der Waals surface area contributed by atoms with Gasteiger partial charge in [-0.3, -0.25) is 0 Å². The highest BCUT2D eigenvalue weighted by atomic mass is 16.6. The molecule has 0 atom stereocenters.